The number of carbonyl (C=O) groups excluding carboxylic acids is 1. The molecule has 1 saturated heterocycles. The fraction of sp³-hybridized carbons (Fsp3) is 0.385. The normalized spacial score (nSPS) is 15.9. The number of nitriles is 1. The Morgan fingerprint density at radius 1 is 1.16 bits per heavy atom. The number of rotatable bonds is 9. The fourth-order valence-corrected chi connectivity index (χ4v) is 5.14. The largest absolute Gasteiger partial charge is 0.361 e. The molecule has 11 heteroatoms. The molecule has 1 aliphatic heterocycles. The van der Waals surface area contributed by atoms with E-state index in [1.54, 1.807) is 27.8 Å². The molecule has 1 amide bonds. The predicted octanol–water partition coefficient (Wildman–Crippen LogP) is 5.14. The highest BCUT2D eigenvalue weighted by Crippen LogP contribution is 2.35. The number of amides is 1. The molecule has 0 radical (unpaired) electrons. The zero-order valence-electron chi connectivity index (χ0n) is 21.0. The lowest BCUT2D eigenvalue weighted by atomic mass is 9.98. The first-order valence-electron chi connectivity index (χ1n) is 12.0. The first kappa shape index (κ1) is 26.6. The SMILES string of the molecule is C[Si](C)(C)CCOCn1c(N2CCC(Cc3cc(F)c(F)c(F)c3)C2=O)cc(-c2ccnnc2)c1C#N. The Hall–Kier alpha value is -3.49. The number of halogens is 3. The molecule has 0 bridgehead atoms. The van der Waals surface area contributed by atoms with Gasteiger partial charge in [-0.15, -0.1) is 0 Å². The summed E-state index contributed by atoms with van der Waals surface area (Å²) in [4.78, 5) is 15.0. The third-order valence-electron chi connectivity index (χ3n) is 6.41. The molecule has 1 aliphatic rings. The van der Waals surface area contributed by atoms with Crippen LogP contribution in [0.4, 0.5) is 19.0 Å². The van der Waals surface area contributed by atoms with Crippen molar-refractivity contribution in [3.63, 3.8) is 0 Å². The van der Waals surface area contributed by atoms with Gasteiger partial charge in [0.15, 0.2) is 17.5 Å². The Kier molecular flexibility index (Phi) is 7.80. The van der Waals surface area contributed by atoms with Gasteiger partial charge in [0.25, 0.3) is 0 Å². The van der Waals surface area contributed by atoms with Crippen molar-refractivity contribution >= 4 is 19.8 Å². The molecule has 0 saturated carbocycles. The van der Waals surface area contributed by atoms with E-state index in [1.165, 1.54) is 6.20 Å². The molecule has 3 heterocycles. The summed E-state index contributed by atoms with van der Waals surface area (Å²) < 4.78 is 48.4. The maximum absolute atomic E-state index is 13.7. The van der Waals surface area contributed by atoms with E-state index in [0.29, 0.717) is 42.2 Å². The summed E-state index contributed by atoms with van der Waals surface area (Å²) in [5.41, 5.74) is 1.81. The van der Waals surface area contributed by atoms with Gasteiger partial charge in [0.2, 0.25) is 5.91 Å². The number of carbonyl (C=O) groups is 1. The Balaban J connectivity index is 1.63. The highest BCUT2D eigenvalue weighted by Gasteiger charge is 2.35. The lowest BCUT2D eigenvalue weighted by molar-refractivity contribution is -0.120. The molecule has 0 N–H and O–H groups in total. The van der Waals surface area contributed by atoms with E-state index in [1.807, 2.05) is 0 Å². The summed E-state index contributed by atoms with van der Waals surface area (Å²) in [7, 11) is -1.33. The second kappa shape index (κ2) is 10.9. The summed E-state index contributed by atoms with van der Waals surface area (Å²) in [5.74, 6) is -4.38. The van der Waals surface area contributed by atoms with Crippen LogP contribution < -0.4 is 4.90 Å². The van der Waals surface area contributed by atoms with Crippen LogP contribution in [0.5, 0.6) is 0 Å². The number of nitrogens with zero attached hydrogens (tertiary/aromatic N) is 5. The molecule has 37 heavy (non-hydrogen) atoms. The number of benzene rings is 1. The minimum atomic E-state index is -1.53. The monoisotopic (exact) mass is 527 g/mol. The van der Waals surface area contributed by atoms with Crippen LogP contribution in [0.3, 0.4) is 0 Å². The van der Waals surface area contributed by atoms with Crippen molar-refractivity contribution in [1.82, 2.24) is 14.8 Å². The van der Waals surface area contributed by atoms with Crippen molar-refractivity contribution in [2.45, 2.75) is 45.3 Å². The highest BCUT2D eigenvalue weighted by atomic mass is 28.3. The number of aromatic nitrogens is 3. The van der Waals surface area contributed by atoms with E-state index < -0.39 is 31.4 Å². The number of hydrogen-bond acceptors (Lipinski definition) is 5. The Morgan fingerprint density at radius 2 is 1.89 bits per heavy atom. The summed E-state index contributed by atoms with van der Waals surface area (Å²) in [5, 5.41) is 17.7. The fourth-order valence-electron chi connectivity index (χ4n) is 4.38. The van der Waals surface area contributed by atoms with Crippen LogP contribution in [-0.2, 0) is 22.7 Å². The van der Waals surface area contributed by atoms with Gasteiger partial charge in [0, 0.05) is 38.3 Å². The second-order valence-electron chi connectivity index (χ2n) is 10.3. The van der Waals surface area contributed by atoms with Crippen molar-refractivity contribution in [3.8, 4) is 17.2 Å². The topological polar surface area (TPSA) is 84.0 Å². The smallest absolute Gasteiger partial charge is 0.231 e. The van der Waals surface area contributed by atoms with Crippen LogP contribution in [0.25, 0.3) is 11.1 Å². The quantitative estimate of drug-likeness (QED) is 0.219. The number of anilines is 1. The minimum absolute atomic E-state index is 0.0725. The highest BCUT2D eigenvalue weighted by molar-refractivity contribution is 6.76. The van der Waals surface area contributed by atoms with E-state index in [9.17, 15) is 23.2 Å². The molecular weight excluding hydrogens is 499 g/mol. The van der Waals surface area contributed by atoms with E-state index in [0.717, 1.165) is 18.2 Å². The molecule has 7 nitrogen and oxygen atoms in total. The van der Waals surface area contributed by atoms with Crippen LogP contribution in [0.2, 0.25) is 25.7 Å². The number of hydrogen-bond donors (Lipinski definition) is 0. The van der Waals surface area contributed by atoms with Crippen LogP contribution in [0.15, 0.2) is 36.7 Å². The van der Waals surface area contributed by atoms with Gasteiger partial charge in [-0.3, -0.25) is 14.3 Å². The van der Waals surface area contributed by atoms with E-state index >= 15 is 0 Å². The minimum Gasteiger partial charge on any atom is -0.361 e. The lowest BCUT2D eigenvalue weighted by Crippen LogP contribution is -2.30. The molecule has 4 rings (SSSR count). The van der Waals surface area contributed by atoms with E-state index in [4.69, 9.17) is 4.74 Å². The molecule has 1 atom stereocenters. The number of ether oxygens (including phenoxy) is 1. The van der Waals surface area contributed by atoms with Crippen molar-refractivity contribution in [2.24, 2.45) is 5.92 Å². The van der Waals surface area contributed by atoms with Gasteiger partial charge in [0.1, 0.15) is 24.3 Å². The zero-order chi connectivity index (χ0) is 26.7. The van der Waals surface area contributed by atoms with E-state index in [2.05, 4.69) is 35.9 Å². The molecule has 0 spiro atoms. The Morgan fingerprint density at radius 3 is 2.51 bits per heavy atom. The van der Waals surface area contributed by atoms with Gasteiger partial charge in [0.05, 0.1) is 12.4 Å². The average molecular weight is 528 g/mol. The summed E-state index contributed by atoms with van der Waals surface area (Å²) in [6, 6.07) is 8.52. The van der Waals surface area contributed by atoms with Gasteiger partial charge in [-0.25, -0.2) is 13.2 Å². The molecule has 1 aromatic carbocycles. The molecule has 3 aromatic rings. The van der Waals surface area contributed by atoms with Crippen LogP contribution in [0, 0.1) is 34.7 Å². The average Bonchev–Trinajstić information content (AvgIpc) is 3.40. The zero-order valence-corrected chi connectivity index (χ0v) is 22.0. The van der Waals surface area contributed by atoms with Crippen LogP contribution in [-0.4, -0.2) is 41.9 Å². The Labute approximate surface area is 214 Å². The van der Waals surface area contributed by atoms with Crippen molar-refractivity contribution in [3.05, 3.63) is 65.4 Å². The van der Waals surface area contributed by atoms with Gasteiger partial charge < -0.3 is 4.74 Å². The van der Waals surface area contributed by atoms with Gasteiger partial charge in [-0.05, 0) is 48.7 Å². The molecule has 1 fully saturated rings. The predicted molar refractivity (Wildman–Crippen MR) is 135 cm³/mol. The van der Waals surface area contributed by atoms with Crippen molar-refractivity contribution < 1.29 is 22.7 Å². The summed E-state index contributed by atoms with van der Waals surface area (Å²) >= 11 is 0. The van der Waals surface area contributed by atoms with Crippen molar-refractivity contribution in [1.29, 1.82) is 5.26 Å². The van der Waals surface area contributed by atoms with Crippen LogP contribution in [0.1, 0.15) is 17.7 Å². The third-order valence-corrected chi connectivity index (χ3v) is 8.12. The molecule has 0 aliphatic carbocycles. The van der Waals surface area contributed by atoms with Gasteiger partial charge in [-0.2, -0.15) is 15.5 Å². The van der Waals surface area contributed by atoms with Gasteiger partial charge in [-0.1, -0.05) is 19.6 Å². The third kappa shape index (κ3) is 5.92. The summed E-state index contributed by atoms with van der Waals surface area (Å²) in [6.45, 7) is 7.71. The van der Waals surface area contributed by atoms with Crippen LogP contribution >= 0.6 is 0 Å². The molecule has 194 valence electrons. The van der Waals surface area contributed by atoms with E-state index in [-0.39, 0.29) is 24.6 Å². The first-order valence-corrected chi connectivity index (χ1v) is 15.7. The summed E-state index contributed by atoms with van der Waals surface area (Å²) in [6.07, 6.45) is 3.58. The lowest BCUT2D eigenvalue weighted by Gasteiger charge is -2.21. The molecule has 2 aromatic heterocycles. The standard InChI is InChI=1S/C26H28F3N5O2Si/c1-37(2,3)9-8-36-16-34-23(14-30)20(19-4-6-31-32-15-19)13-24(34)33-7-5-18(26(33)35)10-17-11-21(27)25(29)22(28)12-17/h4,6,11-13,15,18H,5,7-10,16H2,1-3H3. The first-order chi connectivity index (χ1) is 17.6. The Bertz CT molecular complexity index is 1310. The van der Waals surface area contributed by atoms with Gasteiger partial charge >= 0.3 is 0 Å². The second-order valence-corrected chi connectivity index (χ2v) is 16.0. The maximum Gasteiger partial charge on any atom is 0.231 e. The molecular formula is C26H28F3N5O2Si. The maximum atomic E-state index is 13.7. The van der Waals surface area contributed by atoms with Crippen molar-refractivity contribution in [2.75, 3.05) is 18.1 Å². The molecule has 1 unspecified atom stereocenters.